The maximum Gasteiger partial charge on any atom is 0.326 e. The molecule has 3 heterocycles. The molecule has 3 aliphatic heterocycles. The molecule has 0 saturated carbocycles. The lowest BCUT2D eigenvalue weighted by molar-refractivity contribution is -0.152. The van der Waals surface area contributed by atoms with E-state index in [1.54, 1.807) is 4.90 Å². The molecule has 3 atom stereocenters. The van der Waals surface area contributed by atoms with Gasteiger partial charge in [0.1, 0.15) is 12.1 Å². The quantitative estimate of drug-likeness (QED) is 0.799. The highest BCUT2D eigenvalue weighted by atomic mass is 16.4. The Kier molecular flexibility index (Phi) is 4.57. The number of carbonyl (C=O) groups is 3. The number of likely N-dealkylation sites (N-methyl/N-ethyl adjacent to an activating group) is 1. The van der Waals surface area contributed by atoms with Crippen LogP contribution >= 0.6 is 0 Å². The Morgan fingerprint density at radius 3 is 1.83 bits per heavy atom. The summed E-state index contributed by atoms with van der Waals surface area (Å²) < 4.78 is 0. The van der Waals surface area contributed by atoms with Crippen LogP contribution < -0.4 is 0 Å². The number of rotatable bonds is 3. The van der Waals surface area contributed by atoms with Gasteiger partial charge in [0.25, 0.3) is 0 Å². The van der Waals surface area contributed by atoms with Crippen molar-refractivity contribution in [3.05, 3.63) is 0 Å². The minimum Gasteiger partial charge on any atom is -0.480 e. The molecule has 3 fully saturated rings. The molecule has 0 aromatic heterocycles. The molecule has 0 unspecified atom stereocenters. The van der Waals surface area contributed by atoms with Crippen molar-refractivity contribution in [2.45, 2.75) is 56.7 Å². The summed E-state index contributed by atoms with van der Waals surface area (Å²) in [6.45, 7) is 2.00. The number of likely N-dealkylation sites (tertiary alicyclic amines) is 3. The average molecular weight is 323 g/mol. The van der Waals surface area contributed by atoms with Crippen LogP contribution in [0.15, 0.2) is 0 Å². The van der Waals surface area contributed by atoms with Crippen molar-refractivity contribution in [1.82, 2.24) is 14.7 Å². The van der Waals surface area contributed by atoms with E-state index in [4.69, 9.17) is 0 Å². The van der Waals surface area contributed by atoms with Gasteiger partial charge in [0.2, 0.25) is 11.8 Å². The third-order valence-corrected chi connectivity index (χ3v) is 5.45. The summed E-state index contributed by atoms with van der Waals surface area (Å²) in [5.41, 5.74) is 0. The summed E-state index contributed by atoms with van der Waals surface area (Å²) in [7, 11) is 1.95. The highest BCUT2D eigenvalue weighted by molar-refractivity contribution is 5.92. The first-order chi connectivity index (χ1) is 11.0. The Hall–Kier alpha value is -1.63. The maximum atomic E-state index is 12.8. The van der Waals surface area contributed by atoms with Crippen LogP contribution in [0.1, 0.15) is 38.5 Å². The van der Waals surface area contributed by atoms with Crippen molar-refractivity contribution >= 4 is 17.8 Å². The van der Waals surface area contributed by atoms with Crippen LogP contribution in [0.2, 0.25) is 0 Å². The van der Waals surface area contributed by atoms with Crippen molar-refractivity contribution in [1.29, 1.82) is 0 Å². The summed E-state index contributed by atoms with van der Waals surface area (Å²) in [5.74, 6) is -1.09. The number of hydrogen-bond donors (Lipinski definition) is 1. The van der Waals surface area contributed by atoms with Crippen molar-refractivity contribution in [3.8, 4) is 0 Å². The number of aliphatic carboxylic acids is 1. The van der Waals surface area contributed by atoms with Gasteiger partial charge < -0.3 is 14.9 Å². The third kappa shape index (κ3) is 2.94. The summed E-state index contributed by atoms with van der Waals surface area (Å²) >= 11 is 0. The molecular weight excluding hydrogens is 298 g/mol. The van der Waals surface area contributed by atoms with E-state index in [-0.39, 0.29) is 17.9 Å². The van der Waals surface area contributed by atoms with Crippen LogP contribution in [0.3, 0.4) is 0 Å². The second-order valence-corrected chi connectivity index (χ2v) is 6.86. The van der Waals surface area contributed by atoms with E-state index in [0.717, 1.165) is 25.8 Å². The van der Waals surface area contributed by atoms with Gasteiger partial charge in [-0.1, -0.05) is 0 Å². The summed E-state index contributed by atoms with van der Waals surface area (Å²) in [6, 6.07) is -1.33. The monoisotopic (exact) mass is 323 g/mol. The fourth-order valence-corrected chi connectivity index (χ4v) is 4.18. The molecule has 0 bridgehead atoms. The molecule has 23 heavy (non-hydrogen) atoms. The zero-order valence-corrected chi connectivity index (χ0v) is 13.6. The molecule has 0 spiro atoms. The first-order valence-electron chi connectivity index (χ1n) is 8.54. The molecule has 3 saturated heterocycles. The van der Waals surface area contributed by atoms with Crippen LogP contribution in [0.5, 0.6) is 0 Å². The number of carboxylic acid groups (broad SMARTS) is 1. The topological polar surface area (TPSA) is 81.2 Å². The fraction of sp³-hybridized carbons (Fsp3) is 0.812. The zero-order chi connectivity index (χ0) is 16.6. The van der Waals surface area contributed by atoms with Gasteiger partial charge in [-0.2, -0.15) is 0 Å². The van der Waals surface area contributed by atoms with Crippen LogP contribution in [0, 0.1) is 0 Å². The molecule has 3 rings (SSSR count). The smallest absolute Gasteiger partial charge is 0.326 e. The van der Waals surface area contributed by atoms with Gasteiger partial charge >= 0.3 is 5.97 Å². The lowest BCUT2D eigenvalue weighted by atomic mass is 10.1. The highest BCUT2D eigenvalue weighted by Crippen LogP contribution is 2.27. The van der Waals surface area contributed by atoms with Crippen LogP contribution in [0.4, 0.5) is 0 Å². The minimum atomic E-state index is -0.942. The molecule has 3 aliphatic rings. The lowest BCUT2D eigenvalue weighted by Gasteiger charge is -2.32. The summed E-state index contributed by atoms with van der Waals surface area (Å²) in [4.78, 5) is 42.2. The van der Waals surface area contributed by atoms with Crippen LogP contribution in [-0.4, -0.2) is 82.4 Å². The van der Waals surface area contributed by atoms with Gasteiger partial charge in [0, 0.05) is 13.1 Å². The molecule has 7 heteroatoms. The Bertz CT molecular complexity index is 510. The van der Waals surface area contributed by atoms with E-state index in [2.05, 4.69) is 4.90 Å². The van der Waals surface area contributed by atoms with Gasteiger partial charge in [-0.25, -0.2) is 4.79 Å². The average Bonchev–Trinajstić information content (AvgIpc) is 3.25. The van der Waals surface area contributed by atoms with Crippen molar-refractivity contribution < 1.29 is 19.5 Å². The zero-order valence-electron chi connectivity index (χ0n) is 13.6. The van der Waals surface area contributed by atoms with Gasteiger partial charge in [0.15, 0.2) is 0 Å². The predicted molar refractivity (Wildman–Crippen MR) is 82.8 cm³/mol. The van der Waals surface area contributed by atoms with E-state index < -0.39 is 18.1 Å². The largest absolute Gasteiger partial charge is 0.480 e. The Labute approximate surface area is 136 Å². The molecule has 0 aromatic rings. The van der Waals surface area contributed by atoms with Crippen LogP contribution in [-0.2, 0) is 14.4 Å². The normalized spacial score (nSPS) is 31.8. The number of amides is 2. The number of carbonyl (C=O) groups excluding carboxylic acids is 2. The Morgan fingerprint density at radius 1 is 0.783 bits per heavy atom. The van der Waals surface area contributed by atoms with E-state index >= 15 is 0 Å². The number of nitrogens with zero attached hydrogens (tertiary/aromatic N) is 3. The number of carboxylic acids is 1. The summed E-state index contributed by atoms with van der Waals surface area (Å²) in [5, 5.41) is 9.28. The minimum absolute atomic E-state index is 0.0342. The second-order valence-electron chi connectivity index (χ2n) is 6.86. The van der Waals surface area contributed by atoms with Crippen LogP contribution in [0.25, 0.3) is 0 Å². The summed E-state index contributed by atoms with van der Waals surface area (Å²) in [6.07, 6.45) is 4.52. The lowest BCUT2D eigenvalue weighted by Crippen LogP contribution is -2.54. The third-order valence-electron chi connectivity index (χ3n) is 5.45. The van der Waals surface area contributed by atoms with E-state index in [0.29, 0.717) is 32.4 Å². The first-order valence-corrected chi connectivity index (χ1v) is 8.54. The number of hydrogen-bond acceptors (Lipinski definition) is 4. The van der Waals surface area contributed by atoms with Gasteiger partial charge in [-0.05, 0) is 52.1 Å². The Balaban J connectivity index is 1.72. The highest BCUT2D eigenvalue weighted by Gasteiger charge is 2.44. The molecule has 0 aliphatic carbocycles. The second kappa shape index (κ2) is 6.47. The standard InChI is InChI=1S/C16H25N3O4/c1-17-8-2-5-11(17)14(20)18-9-3-6-12(18)15(21)19-10-4-7-13(19)16(22)23/h11-13H,2-10H2,1H3,(H,22,23)/t11-,12-,13-/m0/s1. The molecule has 2 amide bonds. The maximum absolute atomic E-state index is 12.8. The Morgan fingerprint density at radius 2 is 1.26 bits per heavy atom. The predicted octanol–water partition coefficient (Wildman–Crippen LogP) is 0.147. The molecule has 0 radical (unpaired) electrons. The van der Waals surface area contributed by atoms with E-state index in [9.17, 15) is 19.5 Å². The van der Waals surface area contributed by atoms with Gasteiger partial charge in [-0.15, -0.1) is 0 Å². The molecule has 1 N–H and O–H groups in total. The van der Waals surface area contributed by atoms with E-state index in [1.807, 2.05) is 7.05 Å². The molecule has 128 valence electrons. The van der Waals surface area contributed by atoms with Gasteiger partial charge in [0.05, 0.1) is 6.04 Å². The molecular formula is C16H25N3O4. The van der Waals surface area contributed by atoms with Crippen molar-refractivity contribution in [2.24, 2.45) is 0 Å². The first kappa shape index (κ1) is 16.2. The fourth-order valence-electron chi connectivity index (χ4n) is 4.18. The van der Waals surface area contributed by atoms with E-state index in [1.165, 1.54) is 4.90 Å². The molecule has 0 aromatic carbocycles. The van der Waals surface area contributed by atoms with Crippen molar-refractivity contribution in [3.63, 3.8) is 0 Å². The molecule has 7 nitrogen and oxygen atoms in total. The SMILES string of the molecule is CN1CCC[C@H]1C(=O)N1CCC[C@H]1C(=O)N1CCC[C@H]1C(=O)O. The van der Waals surface area contributed by atoms with Gasteiger partial charge in [-0.3, -0.25) is 14.5 Å². The van der Waals surface area contributed by atoms with Crippen molar-refractivity contribution in [2.75, 3.05) is 26.7 Å².